The predicted molar refractivity (Wildman–Crippen MR) is 79.2 cm³/mol. The number of aliphatic hydroxyl groups is 1. The average molecular weight is 295 g/mol. The van der Waals surface area contributed by atoms with Crippen LogP contribution < -0.4 is 5.32 Å². The Morgan fingerprint density at radius 2 is 2.14 bits per heavy atom. The molecule has 0 aromatic carbocycles. The predicted octanol–water partition coefficient (Wildman–Crippen LogP) is 0.783. The normalized spacial score (nSPS) is 16.3. The molecule has 0 aromatic rings. The van der Waals surface area contributed by atoms with Gasteiger partial charge < -0.3 is 20.1 Å². The van der Waals surface area contributed by atoms with E-state index in [2.05, 4.69) is 5.32 Å². The largest absolute Gasteiger partial charge is 0.394 e. The highest BCUT2D eigenvalue weighted by Gasteiger charge is 2.24. The van der Waals surface area contributed by atoms with Gasteiger partial charge in [-0.25, -0.2) is 0 Å². The van der Waals surface area contributed by atoms with E-state index in [9.17, 15) is 4.79 Å². The molecular weight excluding hydrogens is 270 g/mol. The number of likely N-dealkylation sites (N-methyl/N-ethyl adjacent to an activating group) is 1. The lowest BCUT2D eigenvalue weighted by molar-refractivity contribution is -0.128. The molecular formula is C15H25N3O3. The van der Waals surface area contributed by atoms with Gasteiger partial charge in [0, 0.05) is 25.8 Å². The van der Waals surface area contributed by atoms with Crippen molar-refractivity contribution < 1.29 is 14.6 Å². The van der Waals surface area contributed by atoms with Crippen LogP contribution in [0.1, 0.15) is 32.1 Å². The number of nitriles is 1. The first-order valence-corrected chi connectivity index (χ1v) is 7.50. The molecule has 0 unspecified atom stereocenters. The second-order valence-corrected chi connectivity index (χ2v) is 5.17. The van der Waals surface area contributed by atoms with Crippen LogP contribution >= 0.6 is 0 Å². The summed E-state index contributed by atoms with van der Waals surface area (Å²) in [6, 6.07) is 2.20. The Kier molecular flexibility index (Phi) is 8.48. The molecule has 6 heteroatoms. The molecule has 1 aliphatic rings. The quantitative estimate of drug-likeness (QED) is 0.393. The third-order valence-corrected chi connectivity index (χ3v) is 3.67. The van der Waals surface area contributed by atoms with Crippen molar-refractivity contribution in [2.24, 2.45) is 0 Å². The summed E-state index contributed by atoms with van der Waals surface area (Å²) in [6.45, 7) is 1.19. The molecule has 1 fully saturated rings. The van der Waals surface area contributed by atoms with Crippen molar-refractivity contribution in [2.75, 3.05) is 33.4 Å². The summed E-state index contributed by atoms with van der Waals surface area (Å²) in [6.07, 6.45) is 7.01. The zero-order valence-corrected chi connectivity index (χ0v) is 12.7. The first kappa shape index (κ1) is 17.5. The lowest BCUT2D eigenvalue weighted by Crippen LogP contribution is -2.39. The monoisotopic (exact) mass is 295 g/mol. The van der Waals surface area contributed by atoms with Crippen LogP contribution in [0.4, 0.5) is 0 Å². The summed E-state index contributed by atoms with van der Waals surface area (Å²) in [5.41, 5.74) is 0.116. The van der Waals surface area contributed by atoms with E-state index in [1.807, 2.05) is 6.07 Å². The molecule has 0 bridgehead atoms. The smallest absolute Gasteiger partial charge is 0.265 e. The minimum Gasteiger partial charge on any atom is -0.394 e. The van der Waals surface area contributed by atoms with Crippen molar-refractivity contribution in [1.82, 2.24) is 10.2 Å². The van der Waals surface area contributed by atoms with Crippen LogP contribution in [0.5, 0.6) is 0 Å². The fourth-order valence-corrected chi connectivity index (χ4v) is 2.44. The second kappa shape index (κ2) is 10.2. The van der Waals surface area contributed by atoms with E-state index in [1.165, 1.54) is 12.6 Å². The molecule has 1 saturated carbocycles. The summed E-state index contributed by atoms with van der Waals surface area (Å²) >= 11 is 0. The SMILES string of the molecule is CN(C(=O)/C(C#N)=C\NCCOCCO)C1CCCCC1. The Morgan fingerprint density at radius 3 is 2.76 bits per heavy atom. The van der Waals surface area contributed by atoms with E-state index in [-0.39, 0.29) is 24.1 Å². The van der Waals surface area contributed by atoms with Crippen molar-refractivity contribution in [1.29, 1.82) is 5.26 Å². The molecule has 0 aliphatic heterocycles. The zero-order valence-electron chi connectivity index (χ0n) is 12.7. The molecule has 0 aromatic heterocycles. The molecule has 1 rings (SSSR count). The Balaban J connectivity index is 2.42. The van der Waals surface area contributed by atoms with Crippen molar-refractivity contribution in [2.45, 2.75) is 38.1 Å². The van der Waals surface area contributed by atoms with Crippen LogP contribution in [-0.2, 0) is 9.53 Å². The van der Waals surface area contributed by atoms with Gasteiger partial charge in [0.2, 0.25) is 0 Å². The number of amides is 1. The van der Waals surface area contributed by atoms with Gasteiger partial charge in [0.25, 0.3) is 5.91 Å². The number of nitrogens with one attached hydrogen (secondary N) is 1. The van der Waals surface area contributed by atoms with E-state index < -0.39 is 0 Å². The topological polar surface area (TPSA) is 85.6 Å². The van der Waals surface area contributed by atoms with Gasteiger partial charge in [-0.05, 0) is 12.8 Å². The lowest BCUT2D eigenvalue weighted by atomic mass is 9.94. The zero-order chi connectivity index (χ0) is 15.5. The van der Waals surface area contributed by atoms with Gasteiger partial charge in [-0.2, -0.15) is 5.26 Å². The van der Waals surface area contributed by atoms with Crippen LogP contribution in [0.25, 0.3) is 0 Å². The van der Waals surface area contributed by atoms with E-state index >= 15 is 0 Å². The van der Waals surface area contributed by atoms with Gasteiger partial charge in [0.1, 0.15) is 11.6 Å². The molecule has 1 aliphatic carbocycles. The van der Waals surface area contributed by atoms with E-state index in [1.54, 1.807) is 11.9 Å². The number of aliphatic hydroxyl groups excluding tert-OH is 1. The Hall–Kier alpha value is -1.58. The van der Waals surface area contributed by atoms with Crippen LogP contribution in [0.15, 0.2) is 11.8 Å². The highest BCUT2D eigenvalue weighted by Crippen LogP contribution is 2.22. The average Bonchev–Trinajstić information content (AvgIpc) is 2.54. The van der Waals surface area contributed by atoms with Crippen LogP contribution in [0.2, 0.25) is 0 Å². The maximum atomic E-state index is 12.3. The fraction of sp³-hybridized carbons (Fsp3) is 0.733. The molecule has 118 valence electrons. The fourth-order valence-electron chi connectivity index (χ4n) is 2.44. The minimum atomic E-state index is -0.229. The van der Waals surface area contributed by atoms with Gasteiger partial charge in [0.05, 0.1) is 19.8 Å². The molecule has 1 amide bonds. The van der Waals surface area contributed by atoms with Gasteiger partial charge >= 0.3 is 0 Å². The summed E-state index contributed by atoms with van der Waals surface area (Å²) in [7, 11) is 1.77. The first-order valence-electron chi connectivity index (χ1n) is 7.50. The third kappa shape index (κ3) is 6.15. The second-order valence-electron chi connectivity index (χ2n) is 5.17. The number of carbonyl (C=O) groups is 1. The molecule has 0 radical (unpaired) electrons. The summed E-state index contributed by atoms with van der Waals surface area (Å²) in [5.74, 6) is -0.229. The molecule has 0 saturated heterocycles. The van der Waals surface area contributed by atoms with Crippen LogP contribution in [0.3, 0.4) is 0 Å². The maximum absolute atomic E-state index is 12.3. The number of hydrogen-bond donors (Lipinski definition) is 2. The van der Waals surface area contributed by atoms with E-state index in [0.29, 0.717) is 19.8 Å². The van der Waals surface area contributed by atoms with Crippen molar-refractivity contribution in [3.8, 4) is 6.07 Å². The summed E-state index contributed by atoms with van der Waals surface area (Å²) in [5, 5.41) is 20.6. The third-order valence-electron chi connectivity index (χ3n) is 3.67. The molecule has 21 heavy (non-hydrogen) atoms. The van der Waals surface area contributed by atoms with Gasteiger partial charge in [-0.15, -0.1) is 0 Å². The lowest BCUT2D eigenvalue weighted by Gasteiger charge is -2.31. The number of rotatable bonds is 8. The highest BCUT2D eigenvalue weighted by molar-refractivity contribution is 5.97. The van der Waals surface area contributed by atoms with E-state index in [4.69, 9.17) is 15.1 Å². The number of ether oxygens (including phenoxy) is 1. The number of carbonyl (C=O) groups excluding carboxylic acids is 1. The highest BCUT2D eigenvalue weighted by atomic mass is 16.5. The summed E-state index contributed by atoms with van der Waals surface area (Å²) in [4.78, 5) is 14.0. The van der Waals surface area contributed by atoms with Gasteiger partial charge in [-0.3, -0.25) is 4.79 Å². The molecule has 2 N–H and O–H groups in total. The number of hydrogen-bond acceptors (Lipinski definition) is 5. The Labute approximate surface area is 126 Å². The van der Waals surface area contributed by atoms with Crippen LogP contribution in [0, 0.1) is 11.3 Å². The van der Waals surface area contributed by atoms with Gasteiger partial charge in [-0.1, -0.05) is 19.3 Å². The summed E-state index contributed by atoms with van der Waals surface area (Å²) < 4.78 is 5.08. The van der Waals surface area contributed by atoms with E-state index in [0.717, 1.165) is 25.7 Å². The minimum absolute atomic E-state index is 0.00997. The standard InChI is InChI=1S/C15H25N3O3/c1-18(14-5-3-2-4-6-14)15(20)13(11-16)12-17-7-9-21-10-8-19/h12,14,17,19H,2-10H2,1H3/b13-12-. The molecule has 0 atom stereocenters. The Morgan fingerprint density at radius 1 is 1.43 bits per heavy atom. The maximum Gasteiger partial charge on any atom is 0.265 e. The molecule has 0 spiro atoms. The number of nitrogens with zero attached hydrogens (tertiary/aromatic N) is 2. The Bertz CT molecular complexity index is 384. The van der Waals surface area contributed by atoms with Crippen LogP contribution in [-0.4, -0.2) is 55.4 Å². The molecule has 0 heterocycles. The van der Waals surface area contributed by atoms with Crippen molar-refractivity contribution in [3.63, 3.8) is 0 Å². The van der Waals surface area contributed by atoms with Gasteiger partial charge in [0.15, 0.2) is 0 Å². The molecule has 6 nitrogen and oxygen atoms in total. The first-order chi connectivity index (χ1) is 10.2. The van der Waals surface area contributed by atoms with Crippen molar-refractivity contribution >= 4 is 5.91 Å². The van der Waals surface area contributed by atoms with Crippen molar-refractivity contribution in [3.05, 3.63) is 11.8 Å².